The van der Waals surface area contributed by atoms with Crippen LogP contribution in [0.3, 0.4) is 0 Å². The fraction of sp³-hybridized carbons (Fsp3) is 0.619. The molecule has 1 heterocycles. The number of morpholine rings is 1. The van der Waals surface area contributed by atoms with E-state index in [9.17, 15) is 18.0 Å². The third-order valence-corrected chi connectivity index (χ3v) is 7.42. The standard InChI is InChI=1S/C21H31N3O5S/c1-15-13-24(14-16(2)29-15)30(27,28)19-9-7-18(8-10-19)21(26)23-12-11-22-20(25)17-5-3-4-6-17/h7-10,15-17H,3-6,11-14H2,1-2H3,(H,22,25)(H,23,26). The van der Waals surface area contributed by atoms with Crippen molar-refractivity contribution in [2.75, 3.05) is 26.2 Å². The first kappa shape index (κ1) is 22.7. The number of nitrogens with one attached hydrogen (secondary N) is 2. The largest absolute Gasteiger partial charge is 0.373 e. The zero-order valence-corrected chi connectivity index (χ0v) is 18.4. The number of rotatable bonds is 7. The maximum Gasteiger partial charge on any atom is 0.251 e. The summed E-state index contributed by atoms with van der Waals surface area (Å²) >= 11 is 0. The lowest BCUT2D eigenvalue weighted by Crippen LogP contribution is -2.48. The third kappa shape index (κ3) is 5.59. The van der Waals surface area contributed by atoms with Gasteiger partial charge in [0, 0.05) is 37.7 Å². The van der Waals surface area contributed by atoms with E-state index in [1.54, 1.807) is 0 Å². The Hall–Kier alpha value is -1.97. The number of nitrogens with zero attached hydrogens (tertiary/aromatic N) is 1. The van der Waals surface area contributed by atoms with Crippen LogP contribution >= 0.6 is 0 Å². The highest BCUT2D eigenvalue weighted by atomic mass is 32.2. The summed E-state index contributed by atoms with van der Waals surface area (Å²) in [6.45, 7) is 5.01. The molecule has 2 fully saturated rings. The minimum absolute atomic E-state index is 0.0584. The molecule has 2 amide bonds. The SMILES string of the molecule is CC1CN(S(=O)(=O)c2ccc(C(=O)NCCNC(=O)C3CCCC3)cc2)CC(C)O1. The molecule has 0 bridgehead atoms. The fourth-order valence-electron chi connectivity index (χ4n) is 4.05. The molecule has 166 valence electrons. The maximum absolute atomic E-state index is 12.9. The van der Waals surface area contributed by atoms with Crippen molar-refractivity contribution in [1.29, 1.82) is 0 Å². The molecule has 2 aliphatic rings. The summed E-state index contributed by atoms with van der Waals surface area (Å²) in [5.41, 5.74) is 0.375. The van der Waals surface area contributed by atoms with Gasteiger partial charge in [-0.1, -0.05) is 12.8 Å². The number of amides is 2. The van der Waals surface area contributed by atoms with Crippen LogP contribution in [0.4, 0.5) is 0 Å². The molecule has 8 nitrogen and oxygen atoms in total. The number of benzene rings is 1. The molecule has 1 saturated heterocycles. The molecule has 1 saturated carbocycles. The average Bonchev–Trinajstić information content (AvgIpc) is 3.25. The molecule has 3 rings (SSSR count). The molecule has 2 N–H and O–H groups in total. The van der Waals surface area contributed by atoms with Crippen molar-refractivity contribution in [3.8, 4) is 0 Å². The Kier molecular flexibility index (Phi) is 7.49. The number of ether oxygens (including phenoxy) is 1. The van der Waals surface area contributed by atoms with Crippen LogP contribution < -0.4 is 10.6 Å². The minimum Gasteiger partial charge on any atom is -0.373 e. The van der Waals surface area contributed by atoms with E-state index in [2.05, 4.69) is 10.6 Å². The van der Waals surface area contributed by atoms with Crippen molar-refractivity contribution in [2.45, 2.75) is 56.6 Å². The van der Waals surface area contributed by atoms with Gasteiger partial charge in [0.05, 0.1) is 17.1 Å². The summed E-state index contributed by atoms with van der Waals surface area (Å²) < 4.78 is 32.8. The van der Waals surface area contributed by atoms with Gasteiger partial charge in [0.2, 0.25) is 15.9 Å². The Morgan fingerprint density at radius 3 is 2.17 bits per heavy atom. The molecule has 1 aliphatic carbocycles. The molecule has 2 unspecified atom stereocenters. The van der Waals surface area contributed by atoms with Gasteiger partial charge in [-0.15, -0.1) is 0 Å². The van der Waals surface area contributed by atoms with Crippen LogP contribution in [0.1, 0.15) is 49.9 Å². The molecule has 30 heavy (non-hydrogen) atoms. The van der Waals surface area contributed by atoms with Crippen LogP contribution in [0.2, 0.25) is 0 Å². The van der Waals surface area contributed by atoms with Gasteiger partial charge >= 0.3 is 0 Å². The van der Waals surface area contributed by atoms with Gasteiger partial charge in [0.15, 0.2) is 0 Å². The molecule has 1 aromatic rings. The lowest BCUT2D eigenvalue weighted by atomic mass is 10.1. The van der Waals surface area contributed by atoms with Gasteiger partial charge in [-0.25, -0.2) is 8.42 Å². The second-order valence-electron chi connectivity index (χ2n) is 8.13. The van der Waals surface area contributed by atoms with E-state index < -0.39 is 10.0 Å². The molecule has 1 aliphatic heterocycles. The zero-order valence-electron chi connectivity index (χ0n) is 17.6. The Morgan fingerprint density at radius 1 is 1.00 bits per heavy atom. The molecular weight excluding hydrogens is 406 g/mol. The molecule has 0 spiro atoms. The second-order valence-corrected chi connectivity index (χ2v) is 10.1. The van der Waals surface area contributed by atoms with Crippen molar-refractivity contribution >= 4 is 21.8 Å². The van der Waals surface area contributed by atoms with Crippen LogP contribution in [0, 0.1) is 5.92 Å². The van der Waals surface area contributed by atoms with Crippen molar-refractivity contribution in [1.82, 2.24) is 14.9 Å². The highest BCUT2D eigenvalue weighted by Crippen LogP contribution is 2.24. The van der Waals surface area contributed by atoms with Crippen LogP contribution in [0.15, 0.2) is 29.2 Å². The normalized spacial score (nSPS) is 23.3. The van der Waals surface area contributed by atoms with Gasteiger partial charge in [-0.3, -0.25) is 9.59 Å². The lowest BCUT2D eigenvalue weighted by Gasteiger charge is -2.34. The molecule has 2 atom stereocenters. The monoisotopic (exact) mass is 437 g/mol. The van der Waals surface area contributed by atoms with Crippen LogP contribution in [0.25, 0.3) is 0 Å². The van der Waals surface area contributed by atoms with E-state index in [1.165, 1.54) is 28.6 Å². The van der Waals surface area contributed by atoms with Crippen LogP contribution in [-0.2, 0) is 19.6 Å². The number of sulfonamides is 1. The maximum atomic E-state index is 12.9. The molecule has 9 heteroatoms. The van der Waals surface area contributed by atoms with E-state index in [-0.39, 0.29) is 34.8 Å². The van der Waals surface area contributed by atoms with Gasteiger partial charge in [-0.05, 0) is 51.0 Å². The molecular formula is C21H31N3O5S. The summed E-state index contributed by atoms with van der Waals surface area (Å²) in [6, 6.07) is 5.92. The molecule has 0 radical (unpaired) electrons. The Labute approximate surface area is 178 Å². The summed E-state index contributed by atoms with van der Waals surface area (Å²) in [7, 11) is -3.63. The zero-order chi connectivity index (χ0) is 21.7. The minimum atomic E-state index is -3.63. The van der Waals surface area contributed by atoms with Crippen molar-refractivity contribution in [3.63, 3.8) is 0 Å². The predicted octanol–water partition coefficient (Wildman–Crippen LogP) is 1.52. The Bertz CT molecular complexity index is 840. The van der Waals surface area contributed by atoms with Gasteiger partial charge in [0.1, 0.15) is 0 Å². The van der Waals surface area contributed by atoms with E-state index in [1.807, 2.05) is 13.8 Å². The smallest absolute Gasteiger partial charge is 0.251 e. The topological polar surface area (TPSA) is 105 Å². The van der Waals surface area contributed by atoms with Crippen LogP contribution in [-0.4, -0.2) is 62.9 Å². The van der Waals surface area contributed by atoms with Gasteiger partial charge in [0.25, 0.3) is 5.91 Å². The van der Waals surface area contributed by atoms with Gasteiger partial charge < -0.3 is 15.4 Å². The number of carbonyl (C=O) groups is 2. The summed E-state index contributed by atoms with van der Waals surface area (Å²) in [5.74, 6) is -0.140. The van der Waals surface area contributed by atoms with Crippen molar-refractivity contribution < 1.29 is 22.7 Å². The van der Waals surface area contributed by atoms with Crippen molar-refractivity contribution in [2.24, 2.45) is 5.92 Å². The average molecular weight is 438 g/mol. The highest BCUT2D eigenvalue weighted by Gasteiger charge is 2.32. The first-order chi connectivity index (χ1) is 14.3. The fourth-order valence-corrected chi connectivity index (χ4v) is 5.64. The summed E-state index contributed by atoms with van der Waals surface area (Å²) in [4.78, 5) is 24.4. The predicted molar refractivity (Wildman–Crippen MR) is 113 cm³/mol. The first-order valence-corrected chi connectivity index (χ1v) is 12.0. The Balaban J connectivity index is 1.50. The molecule has 0 aromatic heterocycles. The lowest BCUT2D eigenvalue weighted by molar-refractivity contribution is -0.124. The number of hydrogen-bond acceptors (Lipinski definition) is 5. The highest BCUT2D eigenvalue weighted by molar-refractivity contribution is 7.89. The summed E-state index contributed by atoms with van der Waals surface area (Å²) in [5, 5.41) is 5.60. The number of carbonyl (C=O) groups excluding carboxylic acids is 2. The first-order valence-electron chi connectivity index (χ1n) is 10.6. The van der Waals surface area contributed by atoms with E-state index in [0.29, 0.717) is 31.7 Å². The van der Waals surface area contributed by atoms with Crippen LogP contribution in [0.5, 0.6) is 0 Å². The molecule has 1 aromatic carbocycles. The quantitative estimate of drug-likeness (QED) is 0.630. The van der Waals surface area contributed by atoms with Crippen molar-refractivity contribution in [3.05, 3.63) is 29.8 Å². The number of hydrogen-bond donors (Lipinski definition) is 2. The Morgan fingerprint density at radius 2 is 1.57 bits per heavy atom. The van der Waals surface area contributed by atoms with Gasteiger partial charge in [-0.2, -0.15) is 4.31 Å². The van der Waals surface area contributed by atoms with E-state index in [4.69, 9.17) is 4.74 Å². The van der Waals surface area contributed by atoms with E-state index >= 15 is 0 Å². The summed E-state index contributed by atoms with van der Waals surface area (Å²) in [6.07, 6.45) is 3.75. The third-order valence-electron chi connectivity index (χ3n) is 5.58. The van der Waals surface area contributed by atoms with E-state index in [0.717, 1.165) is 25.7 Å². The second kappa shape index (κ2) is 9.89.